The summed E-state index contributed by atoms with van der Waals surface area (Å²) in [6, 6.07) is 11.4. The number of nitrogens with zero attached hydrogens (tertiary/aromatic N) is 3. The molecule has 0 fully saturated rings. The number of carboxylic acids is 1. The third-order valence-corrected chi connectivity index (χ3v) is 4.41. The number of benzene rings is 2. The summed E-state index contributed by atoms with van der Waals surface area (Å²) in [5, 5.41) is 8.82. The minimum absolute atomic E-state index is 0.166. The molecule has 2 aromatic carbocycles. The van der Waals surface area contributed by atoms with Gasteiger partial charge in [0.25, 0.3) is 5.71 Å². The minimum atomic E-state index is -1.03. The number of hydrogen-bond donors (Lipinski definition) is 1. The quantitative estimate of drug-likeness (QED) is 0.501. The number of fused-ring (bicyclic) bond motifs is 1. The Morgan fingerprint density at radius 2 is 1.77 bits per heavy atom. The first-order chi connectivity index (χ1) is 14.4. The number of aliphatic carboxylic acids is 1. The lowest BCUT2D eigenvalue weighted by atomic mass is 10.1. The van der Waals surface area contributed by atoms with E-state index in [2.05, 4.69) is 15.0 Å². The van der Waals surface area contributed by atoms with Gasteiger partial charge in [0.15, 0.2) is 6.61 Å². The van der Waals surface area contributed by atoms with E-state index in [1.54, 1.807) is 6.20 Å². The lowest BCUT2D eigenvalue weighted by Crippen LogP contribution is -2.10. The molecule has 0 saturated carbocycles. The largest absolute Gasteiger partial charge is 0.481 e. The first kappa shape index (κ1) is 19.4. The van der Waals surface area contributed by atoms with Crippen LogP contribution in [0.2, 0.25) is 0 Å². The predicted molar refractivity (Wildman–Crippen MR) is 109 cm³/mol. The van der Waals surface area contributed by atoms with Crippen molar-refractivity contribution in [1.29, 1.82) is 0 Å². The second-order valence-electron chi connectivity index (χ2n) is 6.90. The van der Waals surface area contributed by atoms with Crippen LogP contribution in [0.4, 0.5) is 0 Å². The molecule has 0 spiro atoms. The van der Waals surface area contributed by atoms with E-state index in [0.717, 1.165) is 22.3 Å². The molecular weight excluding hydrogens is 386 g/mol. The molecule has 152 valence electrons. The number of hydrogen-bond acceptors (Lipinski definition) is 7. The van der Waals surface area contributed by atoms with Crippen molar-refractivity contribution in [2.75, 3.05) is 6.61 Å². The van der Waals surface area contributed by atoms with E-state index >= 15 is 0 Å². The van der Waals surface area contributed by atoms with Crippen LogP contribution in [0.1, 0.15) is 16.7 Å². The van der Waals surface area contributed by atoms with Crippen LogP contribution >= 0.6 is 0 Å². The summed E-state index contributed by atoms with van der Waals surface area (Å²) in [7, 11) is 0. The van der Waals surface area contributed by atoms with Crippen LogP contribution < -0.4 is 9.47 Å². The Morgan fingerprint density at radius 3 is 2.43 bits per heavy atom. The van der Waals surface area contributed by atoms with E-state index in [1.807, 2.05) is 57.2 Å². The van der Waals surface area contributed by atoms with Crippen LogP contribution in [-0.4, -0.2) is 32.6 Å². The topological polar surface area (TPSA) is 108 Å². The number of aromatic nitrogens is 3. The fourth-order valence-electron chi connectivity index (χ4n) is 3.04. The van der Waals surface area contributed by atoms with E-state index in [9.17, 15) is 4.79 Å². The molecule has 8 nitrogen and oxygen atoms in total. The molecule has 0 unspecified atom stereocenters. The van der Waals surface area contributed by atoms with Gasteiger partial charge in [0.05, 0.1) is 6.20 Å². The molecule has 2 heterocycles. The van der Waals surface area contributed by atoms with Crippen LogP contribution in [0.5, 0.6) is 17.5 Å². The highest BCUT2D eigenvalue weighted by Gasteiger charge is 2.15. The van der Waals surface area contributed by atoms with Crippen molar-refractivity contribution >= 4 is 17.2 Å². The number of oxazole rings is 1. The summed E-state index contributed by atoms with van der Waals surface area (Å²) in [4.78, 5) is 23.7. The first-order valence-corrected chi connectivity index (χ1v) is 9.23. The van der Waals surface area contributed by atoms with E-state index in [0.29, 0.717) is 28.6 Å². The van der Waals surface area contributed by atoms with Gasteiger partial charge in [-0.25, -0.2) is 14.8 Å². The van der Waals surface area contributed by atoms with Gasteiger partial charge >= 0.3 is 12.0 Å². The standard InChI is InChI=1S/C22H19N3O5/c1-12-4-6-16(7-5-12)29-22-23-10-17-21(25-22)30-20(24-17)15-8-13(2)19(14(3)9-15)28-11-18(26)27/h4-10H,11H2,1-3H3,(H,26,27). The minimum Gasteiger partial charge on any atom is -0.481 e. The zero-order valence-electron chi connectivity index (χ0n) is 16.7. The summed E-state index contributed by atoms with van der Waals surface area (Å²) < 4.78 is 16.9. The van der Waals surface area contributed by atoms with Crippen LogP contribution in [0.25, 0.3) is 22.7 Å². The van der Waals surface area contributed by atoms with Crippen molar-refractivity contribution in [2.24, 2.45) is 0 Å². The van der Waals surface area contributed by atoms with Crippen LogP contribution in [0.3, 0.4) is 0 Å². The molecule has 0 amide bonds. The molecule has 0 atom stereocenters. The summed E-state index contributed by atoms with van der Waals surface area (Å²) in [6.45, 7) is 5.27. The molecule has 0 bridgehead atoms. The third-order valence-electron chi connectivity index (χ3n) is 4.41. The van der Waals surface area contributed by atoms with Crippen LogP contribution in [-0.2, 0) is 4.79 Å². The summed E-state index contributed by atoms with van der Waals surface area (Å²) in [5.74, 6) is 0.510. The van der Waals surface area contributed by atoms with Crippen molar-refractivity contribution in [3.05, 3.63) is 59.3 Å². The zero-order valence-corrected chi connectivity index (χ0v) is 16.7. The third kappa shape index (κ3) is 4.07. The Bertz CT molecular complexity index is 1210. The highest BCUT2D eigenvalue weighted by atomic mass is 16.5. The molecule has 0 radical (unpaired) electrons. The maximum atomic E-state index is 10.8. The van der Waals surface area contributed by atoms with Gasteiger partial charge in [-0.2, -0.15) is 4.98 Å². The molecule has 30 heavy (non-hydrogen) atoms. The molecule has 0 saturated heterocycles. The van der Waals surface area contributed by atoms with Gasteiger partial charge in [-0.15, -0.1) is 0 Å². The number of rotatable bonds is 6. The molecule has 4 aromatic rings. The fourth-order valence-corrected chi connectivity index (χ4v) is 3.04. The Hall–Kier alpha value is -3.94. The van der Waals surface area contributed by atoms with Gasteiger partial charge in [-0.1, -0.05) is 17.7 Å². The van der Waals surface area contributed by atoms with E-state index in [1.165, 1.54) is 0 Å². The highest BCUT2D eigenvalue weighted by Crippen LogP contribution is 2.31. The van der Waals surface area contributed by atoms with Crippen LogP contribution in [0.15, 0.2) is 47.0 Å². The second-order valence-corrected chi connectivity index (χ2v) is 6.90. The van der Waals surface area contributed by atoms with E-state index < -0.39 is 12.6 Å². The monoisotopic (exact) mass is 405 g/mol. The van der Waals surface area contributed by atoms with E-state index in [4.69, 9.17) is 19.0 Å². The average Bonchev–Trinajstić information content (AvgIpc) is 3.12. The molecular formula is C22H19N3O5. The van der Waals surface area contributed by atoms with E-state index in [-0.39, 0.29) is 6.01 Å². The maximum Gasteiger partial charge on any atom is 0.341 e. The maximum absolute atomic E-state index is 10.8. The average molecular weight is 405 g/mol. The number of ether oxygens (including phenoxy) is 2. The summed E-state index contributed by atoms with van der Waals surface area (Å²) in [5.41, 5.74) is 4.23. The molecule has 0 aliphatic heterocycles. The number of carboxylic acid groups (broad SMARTS) is 1. The zero-order chi connectivity index (χ0) is 21.3. The van der Waals surface area contributed by atoms with Crippen molar-refractivity contribution in [3.63, 3.8) is 0 Å². The Morgan fingerprint density at radius 1 is 1.07 bits per heavy atom. The van der Waals surface area contributed by atoms with Gasteiger partial charge < -0.3 is 19.0 Å². The van der Waals surface area contributed by atoms with Crippen molar-refractivity contribution in [1.82, 2.24) is 15.0 Å². The van der Waals surface area contributed by atoms with Crippen molar-refractivity contribution in [2.45, 2.75) is 20.8 Å². The smallest absolute Gasteiger partial charge is 0.341 e. The highest BCUT2D eigenvalue weighted by molar-refractivity contribution is 5.73. The van der Waals surface area contributed by atoms with Gasteiger partial charge in [0, 0.05) is 5.56 Å². The normalized spacial score (nSPS) is 10.9. The predicted octanol–water partition coefficient (Wildman–Crippen LogP) is 4.47. The summed E-state index contributed by atoms with van der Waals surface area (Å²) in [6.07, 6.45) is 1.54. The fraction of sp³-hybridized carbons (Fsp3) is 0.182. The molecule has 4 rings (SSSR count). The lowest BCUT2D eigenvalue weighted by Gasteiger charge is -2.11. The van der Waals surface area contributed by atoms with Crippen LogP contribution in [0, 0.1) is 20.8 Å². The summed E-state index contributed by atoms with van der Waals surface area (Å²) >= 11 is 0. The Labute approximate surface area is 172 Å². The number of carbonyl (C=O) groups is 1. The number of aryl methyl sites for hydroxylation is 3. The molecule has 1 N–H and O–H groups in total. The first-order valence-electron chi connectivity index (χ1n) is 9.23. The molecule has 2 aromatic heterocycles. The van der Waals surface area contributed by atoms with Gasteiger partial charge in [-0.05, 0) is 56.2 Å². The second kappa shape index (κ2) is 7.82. The van der Waals surface area contributed by atoms with Gasteiger partial charge in [0.2, 0.25) is 5.89 Å². The van der Waals surface area contributed by atoms with Gasteiger partial charge in [0.1, 0.15) is 17.0 Å². The SMILES string of the molecule is Cc1ccc(Oc2ncc3nc(-c4cc(C)c(OCC(=O)O)c(C)c4)oc3n2)cc1. The Kier molecular flexibility index (Phi) is 5.05. The lowest BCUT2D eigenvalue weighted by molar-refractivity contribution is -0.139. The molecule has 8 heteroatoms. The van der Waals surface area contributed by atoms with Gasteiger partial charge in [-0.3, -0.25) is 0 Å². The molecule has 0 aliphatic carbocycles. The van der Waals surface area contributed by atoms with Crippen molar-refractivity contribution in [3.8, 4) is 29.0 Å². The molecule has 0 aliphatic rings. The Balaban J connectivity index is 1.62. The van der Waals surface area contributed by atoms with Crippen molar-refractivity contribution < 1.29 is 23.8 Å².